The zero-order valence-electron chi connectivity index (χ0n) is 13.7. The first-order valence-corrected chi connectivity index (χ1v) is 7.39. The van der Waals surface area contributed by atoms with Crippen molar-refractivity contribution in [3.05, 3.63) is 11.8 Å². The van der Waals surface area contributed by atoms with E-state index >= 15 is 0 Å². The molecular weight excluding hydrogens is 286 g/mol. The Balaban J connectivity index is 1.99. The number of carbonyl (C=O) groups excluding carboxylic acids is 2. The third-order valence-electron chi connectivity index (χ3n) is 3.39. The van der Waals surface area contributed by atoms with Crippen LogP contribution in [0, 0.1) is 0 Å². The molecular formula is C15H23N3O4. The Kier molecular flexibility index (Phi) is 4.55. The van der Waals surface area contributed by atoms with Gasteiger partial charge in [0.1, 0.15) is 5.76 Å². The molecule has 2 rings (SSSR count). The molecule has 0 saturated carbocycles. The Labute approximate surface area is 130 Å². The highest BCUT2D eigenvalue weighted by Gasteiger charge is 2.30. The Morgan fingerprint density at radius 2 is 1.86 bits per heavy atom. The average Bonchev–Trinajstić information content (AvgIpc) is 2.85. The summed E-state index contributed by atoms with van der Waals surface area (Å²) >= 11 is 0. The maximum Gasteiger partial charge on any atom is 0.315 e. The minimum absolute atomic E-state index is 0.0833. The summed E-state index contributed by atoms with van der Waals surface area (Å²) in [6.07, 6.45) is -0.167. The molecule has 2 heterocycles. The lowest BCUT2D eigenvalue weighted by Crippen LogP contribution is -2.51. The van der Waals surface area contributed by atoms with Crippen LogP contribution in [0.5, 0.6) is 0 Å². The molecule has 0 spiro atoms. The van der Waals surface area contributed by atoms with E-state index in [0.717, 1.165) is 0 Å². The predicted octanol–water partition coefficient (Wildman–Crippen LogP) is 1.55. The second-order valence-corrected chi connectivity index (χ2v) is 6.75. The van der Waals surface area contributed by atoms with E-state index in [-0.39, 0.29) is 23.4 Å². The number of amides is 2. The molecule has 0 unspecified atom stereocenters. The van der Waals surface area contributed by atoms with E-state index in [0.29, 0.717) is 18.8 Å². The normalized spacial score (nSPS) is 22.5. The fourth-order valence-corrected chi connectivity index (χ4v) is 2.34. The van der Waals surface area contributed by atoms with Crippen LogP contribution in [-0.4, -0.2) is 47.2 Å². The minimum atomic E-state index is -0.713. The van der Waals surface area contributed by atoms with E-state index in [9.17, 15) is 9.59 Å². The lowest BCUT2D eigenvalue weighted by atomic mass is 9.93. The van der Waals surface area contributed by atoms with Gasteiger partial charge in [-0.3, -0.25) is 14.9 Å². The molecule has 1 aromatic heterocycles. The van der Waals surface area contributed by atoms with Gasteiger partial charge in [-0.2, -0.15) is 0 Å². The van der Waals surface area contributed by atoms with Crippen LogP contribution in [0.15, 0.2) is 10.6 Å². The molecule has 122 valence electrons. The van der Waals surface area contributed by atoms with Crippen LogP contribution in [-0.2, 0) is 19.7 Å². The Morgan fingerprint density at radius 3 is 2.36 bits per heavy atom. The van der Waals surface area contributed by atoms with Gasteiger partial charge in [0, 0.05) is 24.6 Å². The van der Waals surface area contributed by atoms with Crippen molar-refractivity contribution in [3.8, 4) is 0 Å². The second-order valence-electron chi connectivity index (χ2n) is 6.75. The summed E-state index contributed by atoms with van der Waals surface area (Å²) < 4.78 is 10.7. The molecule has 7 nitrogen and oxygen atoms in total. The number of ether oxygens (including phenoxy) is 1. The smallest absolute Gasteiger partial charge is 0.315 e. The molecule has 0 aromatic carbocycles. The Bertz CT molecular complexity index is 551. The van der Waals surface area contributed by atoms with Crippen molar-refractivity contribution in [2.24, 2.45) is 0 Å². The lowest BCUT2D eigenvalue weighted by molar-refractivity contribution is -0.151. The summed E-state index contributed by atoms with van der Waals surface area (Å²) in [7, 11) is 0. The first kappa shape index (κ1) is 16.5. The summed E-state index contributed by atoms with van der Waals surface area (Å²) in [5, 5.41) is 6.26. The number of nitrogens with one attached hydrogen (secondary N) is 1. The van der Waals surface area contributed by atoms with Gasteiger partial charge >= 0.3 is 11.8 Å². The highest BCUT2D eigenvalue weighted by molar-refractivity contribution is 6.39. The zero-order chi connectivity index (χ0) is 16.5. The largest absolute Gasteiger partial charge is 0.372 e. The minimum Gasteiger partial charge on any atom is -0.372 e. The van der Waals surface area contributed by atoms with Crippen molar-refractivity contribution >= 4 is 17.6 Å². The van der Waals surface area contributed by atoms with E-state index in [1.165, 1.54) is 4.90 Å². The van der Waals surface area contributed by atoms with E-state index in [1.807, 2.05) is 34.6 Å². The molecule has 1 saturated heterocycles. The molecule has 1 N–H and O–H groups in total. The Morgan fingerprint density at radius 1 is 1.27 bits per heavy atom. The topological polar surface area (TPSA) is 84.7 Å². The molecule has 1 aliphatic rings. The van der Waals surface area contributed by atoms with E-state index in [2.05, 4.69) is 10.5 Å². The standard InChI is InChI=1S/C15H23N3O4/c1-9-7-18(8-10(2)21-9)14(20)13(19)16-12-6-11(22-17-12)15(3,4)5/h6,9-10H,7-8H2,1-5H3,(H,16,17,19)/t9-,10-/m0/s1. The number of morpholine rings is 1. The molecule has 1 fully saturated rings. The number of aromatic nitrogens is 1. The Hall–Kier alpha value is -1.89. The summed E-state index contributed by atoms with van der Waals surface area (Å²) in [6, 6.07) is 1.63. The molecule has 0 bridgehead atoms. The predicted molar refractivity (Wildman–Crippen MR) is 80.4 cm³/mol. The van der Waals surface area contributed by atoms with E-state index in [1.54, 1.807) is 6.07 Å². The molecule has 0 aliphatic carbocycles. The van der Waals surface area contributed by atoms with Gasteiger partial charge in [0.05, 0.1) is 12.2 Å². The molecule has 1 aliphatic heterocycles. The molecule has 1 aromatic rings. The van der Waals surface area contributed by atoms with Crippen LogP contribution < -0.4 is 5.32 Å². The summed E-state index contributed by atoms with van der Waals surface area (Å²) in [6.45, 7) is 10.5. The highest BCUT2D eigenvalue weighted by Crippen LogP contribution is 2.24. The first-order valence-electron chi connectivity index (χ1n) is 7.39. The monoisotopic (exact) mass is 309 g/mol. The van der Waals surface area contributed by atoms with Gasteiger partial charge in [-0.15, -0.1) is 0 Å². The number of hydrogen-bond acceptors (Lipinski definition) is 5. The van der Waals surface area contributed by atoms with Gasteiger partial charge in [0.15, 0.2) is 5.82 Å². The fourth-order valence-electron chi connectivity index (χ4n) is 2.34. The van der Waals surface area contributed by atoms with Crippen LogP contribution >= 0.6 is 0 Å². The van der Waals surface area contributed by atoms with E-state index in [4.69, 9.17) is 9.26 Å². The second kappa shape index (κ2) is 6.08. The zero-order valence-corrected chi connectivity index (χ0v) is 13.7. The van der Waals surface area contributed by atoms with E-state index < -0.39 is 11.8 Å². The molecule has 2 atom stereocenters. The lowest BCUT2D eigenvalue weighted by Gasteiger charge is -2.34. The van der Waals surface area contributed by atoms with Gasteiger partial charge in [0.25, 0.3) is 0 Å². The molecule has 7 heteroatoms. The molecule has 2 amide bonds. The van der Waals surface area contributed by atoms with Crippen molar-refractivity contribution in [1.29, 1.82) is 0 Å². The van der Waals surface area contributed by atoms with Crippen LogP contribution in [0.4, 0.5) is 5.82 Å². The third kappa shape index (κ3) is 3.85. The highest BCUT2D eigenvalue weighted by atomic mass is 16.5. The van der Waals surface area contributed by atoms with Gasteiger partial charge in [-0.05, 0) is 13.8 Å². The van der Waals surface area contributed by atoms with Crippen molar-refractivity contribution in [2.45, 2.75) is 52.2 Å². The van der Waals surface area contributed by atoms with Crippen molar-refractivity contribution < 1.29 is 18.8 Å². The molecule has 0 radical (unpaired) electrons. The quantitative estimate of drug-likeness (QED) is 0.796. The van der Waals surface area contributed by atoms with Crippen LogP contribution in [0.1, 0.15) is 40.4 Å². The fraction of sp³-hybridized carbons (Fsp3) is 0.667. The number of nitrogens with zero attached hydrogens (tertiary/aromatic N) is 2. The maximum absolute atomic E-state index is 12.2. The summed E-state index contributed by atoms with van der Waals surface area (Å²) in [5.74, 6) is -0.404. The van der Waals surface area contributed by atoms with Crippen LogP contribution in [0.2, 0.25) is 0 Å². The SMILES string of the molecule is C[C@H]1CN(C(=O)C(=O)Nc2cc(C(C)(C)C)on2)C[C@H](C)O1. The van der Waals surface area contributed by atoms with Crippen molar-refractivity contribution in [1.82, 2.24) is 10.1 Å². The first-order chi connectivity index (χ1) is 10.2. The number of rotatable bonds is 1. The number of carbonyl (C=O) groups is 2. The van der Waals surface area contributed by atoms with Gasteiger partial charge < -0.3 is 14.2 Å². The third-order valence-corrected chi connectivity index (χ3v) is 3.39. The van der Waals surface area contributed by atoms with Crippen LogP contribution in [0.3, 0.4) is 0 Å². The van der Waals surface area contributed by atoms with Crippen molar-refractivity contribution in [2.75, 3.05) is 18.4 Å². The summed E-state index contributed by atoms with van der Waals surface area (Å²) in [5.41, 5.74) is -0.213. The maximum atomic E-state index is 12.2. The van der Waals surface area contributed by atoms with Gasteiger partial charge in [0.2, 0.25) is 0 Å². The van der Waals surface area contributed by atoms with Gasteiger partial charge in [-0.1, -0.05) is 25.9 Å². The number of anilines is 1. The average molecular weight is 309 g/mol. The summed E-state index contributed by atoms with van der Waals surface area (Å²) in [4.78, 5) is 25.8. The van der Waals surface area contributed by atoms with Crippen molar-refractivity contribution in [3.63, 3.8) is 0 Å². The van der Waals surface area contributed by atoms with Crippen LogP contribution in [0.25, 0.3) is 0 Å². The van der Waals surface area contributed by atoms with Gasteiger partial charge in [-0.25, -0.2) is 0 Å². The number of hydrogen-bond donors (Lipinski definition) is 1. The molecule has 22 heavy (non-hydrogen) atoms.